The molecule has 1 amide bonds. The van der Waals surface area contributed by atoms with E-state index < -0.39 is 5.91 Å². The van der Waals surface area contributed by atoms with Gasteiger partial charge in [-0.15, -0.1) is 0 Å². The lowest BCUT2D eigenvalue weighted by Crippen LogP contribution is -2.14. The number of fused-ring (bicyclic) bond motifs is 1. The molecule has 0 bridgehead atoms. The number of aromatic nitrogens is 2. The molecule has 2 heterocycles. The van der Waals surface area contributed by atoms with Crippen molar-refractivity contribution in [1.29, 1.82) is 5.26 Å². The molecular weight excluding hydrogens is 396 g/mol. The smallest absolute Gasteiger partial charge is 0.266 e. The van der Waals surface area contributed by atoms with Crippen LogP contribution in [0.25, 0.3) is 22.7 Å². The van der Waals surface area contributed by atoms with Crippen molar-refractivity contribution >= 4 is 28.6 Å². The van der Waals surface area contributed by atoms with E-state index in [1.54, 1.807) is 12.3 Å². The molecule has 5 heteroatoms. The Kier molecular flexibility index (Phi) is 5.61. The van der Waals surface area contributed by atoms with Crippen molar-refractivity contribution in [1.82, 2.24) is 9.55 Å². The second kappa shape index (κ2) is 8.52. The van der Waals surface area contributed by atoms with Crippen LogP contribution < -0.4 is 5.32 Å². The Morgan fingerprint density at radius 3 is 2.66 bits per heavy atom. The first-order chi connectivity index (χ1) is 15.4. The normalized spacial score (nSPS) is 11.4. The van der Waals surface area contributed by atoms with Gasteiger partial charge >= 0.3 is 0 Å². The third-order valence-corrected chi connectivity index (χ3v) is 5.83. The number of nitrogens with one attached hydrogen (secondary N) is 1. The van der Waals surface area contributed by atoms with Gasteiger partial charge in [-0.2, -0.15) is 5.26 Å². The topological polar surface area (TPSA) is 70.7 Å². The molecule has 0 aliphatic rings. The van der Waals surface area contributed by atoms with E-state index in [0.29, 0.717) is 5.69 Å². The van der Waals surface area contributed by atoms with E-state index >= 15 is 0 Å². The highest BCUT2D eigenvalue weighted by Crippen LogP contribution is 2.25. The van der Waals surface area contributed by atoms with Gasteiger partial charge in [0.2, 0.25) is 0 Å². The Bertz CT molecular complexity index is 1420. The van der Waals surface area contributed by atoms with Crippen molar-refractivity contribution < 1.29 is 4.79 Å². The van der Waals surface area contributed by atoms with Gasteiger partial charge in [0.15, 0.2) is 0 Å². The molecular formula is C27H24N4O. The minimum atomic E-state index is -0.414. The molecule has 158 valence electrons. The summed E-state index contributed by atoms with van der Waals surface area (Å²) >= 11 is 0. The zero-order chi connectivity index (χ0) is 22.8. The second-order valence-corrected chi connectivity index (χ2v) is 7.91. The number of hydrogen-bond donors (Lipinski definition) is 1. The number of nitrogens with zero attached hydrogens (tertiary/aromatic N) is 3. The molecule has 2 aromatic carbocycles. The van der Waals surface area contributed by atoms with Gasteiger partial charge in [-0.25, -0.2) is 0 Å². The summed E-state index contributed by atoms with van der Waals surface area (Å²) in [7, 11) is 0. The van der Waals surface area contributed by atoms with Gasteiger partial charge in [-0.3, -0.25) is 9.78 Å². The molecule has 1 N–H and O–H groups in total. The summed E-state index contributed by atoms with van der Waals surface area (Å²) < 4.78 is 2.12. The lowest BCUT2D eigenvalue weighted by molar-refractivity contribution is -0.112. The molecule has 0 aliphatic heterocycles. The van der Waals surface area contributed by atoms with Crippen LogP contribution in [0.15, 0.2) is 66.4 Å². The molecule has 0 fully saturated rings. The van der Waals surface area contributed by atoms with Crippen molar-refractivity contribution in [3.63, 3.8) is 0 Å². The molecule has 4 rings (SSSR count). The maximum absolute atomic E-state index is 12.8. The van der Waals surface area contributed by atoms with E-state index in [4.69, 9.17) is 0 Å². The second-order valence-electron chi connectivity index (χ2n) is 7.91. The Balaban J connectivity index is 1.69. The summed E-state index contributed by atoms with van der Waals surface area (Å²) in [5, 5.41) is 13.6. The van der Waals surface area contributed by atoms with Crippen LogP contribution in [0.3, 0.4) is 0 Å². The number of carbonyl (C=O) groups excluding carboxylic acids is 1. The van der Waals surface area contributed by atoms with Gasteiger partial charge in [0.25, 0.3) is 5.91 Å². The maximum Gasteiger partial charge on any atom is 0.266 e. The first-order valence-corrected chi connectivity index (χ1v) is 10.4. The molecule has 4 aromatic rings. The fraction of sp³-hybridized carbons (Fsp3) is 0.148. The molecule has 0 radical (unpaired) electrons. The number of pyridine rings is 1. The number of aryl methyl sites for hydroxylation is 2. The fourth-order valence-electron chi connectivity index (χ4n) is 3.91. The number of nitriles is 1. The van der Waals surface area contributed by atoms with Gasteiger partial charge in [-0.05, 0) is 86.9 Å². The molecule has 0 aliphatic carbocycles. The first-order valence-electron chi connectivity index (χ1n) is 10.4. The van der Waals surface area contributed by atoms with Crippen molar-refractivity contribution in [3.05, 3.63) is 94.4 Å². The Hall–Kier alpha value is -4.17. The van der Waals surface area contributed by atoms with Gasteiger partial charge in [-0.1, -0.05) is 18.2 Å². The average Bonchev–Trinajstić information content (AvgIpc) is 3.07. The summed E-state index contributed by atoms with van der Waals surface area (Å²) in [5.41, 5.74) is 7.61. The van der Waals surface area contributed by atoms with Gasteiger partial charge in [0.05, 0.1) is 5.52 Å². The lowest BCUT2D eigenvalue weighted by Gasteiger charge is -2.11. The Morgan fingerprint density at radius 1 is 1.06 bits per heavy atom. The minimum Gasteiger partial charge on any atom is -0.321 e. The predicted molar refractivity (Wildman–Crippen MR) is 129 cm³/mol. The van der Waals surface area contributed by atoms with Crippen LogP contribution in [-0.4, -0.2) is 15.5 Å². The van der Waals surface area contributed by atoms with Gasteiger partial charge in [0.1, 0.15) is 11.6 Å². The third kappa shape index (κ3) is 3.91. The van der Waals surface area contributed by atoms with Crippen molar-refractivity contribution in [3.8, 4) is 11.8 Å². The van der Waals surface area contributed by atoms with E-state index in [2.05, 4.69) is 27.0 Å². The maximum atomic E-state index is 12.8. The molecule has 0 spiro atoms. The number of anilines is 1. The van der Waals surface area contributed by atoms with Crippen LogP contribution in [-0.2, 0) is 4.79 Å². The number of rotatable bonds is 4. The molecule has 5 nitrogen and oxygen atoms in total. The summed E-state index contributed by atoms with van der Waals surface area (Å²) in [5.74, 6) is -0.414. The van der Waals surface area contributed by atoms with Crippen LogP contribution in [0, 0.1) is 39.0 Å². The largest absolute Gasteiger partial charge is 0.321 e. The fourth-order valence-corrected chi connectivity index (χ4v) is 3.91. The SMILES string of the molecule is Cc1cccc(NC(=O)/C(C#N)=C\c2cc(C)n(-c3ccc4ncccc4c3)c2C)c1C. The average molecular weight is 421 g/mol. The van der Waals surface area contributed by atoms with Crippen LogP contribution in [0.1, 0.15) is 28.1 Å². The standard InChI is InChI=1S/C27H24N4O/c1-17-7-5-9-25(19(17)3)30-27(32)23(16-28)14-22-13-18(2)31(20(22)4)24-10-11-26-21(15-24)8-6-12-29-26/h5-15H,1-4H3,(H,30,32)/b23-14-. The van der Waals surface area contributed by atoms with E-state index in [0.717, 1.165) is 44.7 Å². The van der Waals surface area contributed by atoms with E-state index in [-0.39, 0.29) is 5.57 Å². The Morgan fingerprint density at radius 2 is 1.88 bits per heavy atom. The quantitative estimate of drug-likeness (QED) is 0.335. The summed E-state index contributed by atoms with van der Waals surface area (Å²) in [6, 6.07) is 19.8. The van der Waals surface area contributed by atoms with Crippen LogP contribution in [0.5, 0.6) is 0 Å². The van der Waals surface area contributed by atoms with E-state index in [1.165, 1.54) is 0 Å². The van der Waals surface area contributed by atoms with Gasteiger partial charge in [0, 0.05) is 34.3 Å². The third-order valence-electron chi connectivity index (χ3n) is 5.83. The van der Waals surface area contributed by atoms with Crippen LogP contribution >= 0.6 is 0 Å². The lowest BCUT2D eigenvalue weighted by atomic mass is 10.1. The number of amides is 1. The van der Waals surface area contributed by atoms with Crippen molar-refractivity contribution in [2.75, 3.05) is 5.32 Å². The summed E-state index contributed by atoms with van der Waals surface area (Å²) in [6.45, 7) is 7.95. The molecule has 0 unspecified atom stereocenters. The number of hydrogen-bond acceptors (Lipinski definition) is 3. The molecule has 0 saturated carbocycles. The van der Waals surface area contributed by atoms with E-state index in [9.17, 15) is 10.1 Å². The monoisotopic (exact) mass is 420 g/mol. The molecule has 0 atom stereocenters. The zero-order valence-corrected chi connectivity index (χ0v) is 18.6. The number of benzene rings is 2. The zero-order valence-electron chi connectivity index (χ0n) is 18.6. The molecule has 32 heavy (non-hydrogen) atoms. The highest BCUT2D eigenvalue weighted by molar-refractivity contribution is 6.10. The number of carbonyl (C=O) groups is 1. The van der Waals surface area contributed by atoms with Crippen molar-refractivity contribution in [2.45, 2.75) is 27.7 Å². The summed E-state index contributed by atoms with van der Waals surface area (Å²) in [4.78, 5) is 17.2. The minimum absolute atomic E-state index is 0.0638. The highest BCUT2D eigenvalue weighted by atomic mass is 16.1. The molecule has 2 aromatic heterocycles. The van der Waals surface area contributed by atoms with Crippen LogP contribution in [0.4, 0.5) is 5.69 Å². The highest BCUT2D eigenvalue weighted by Gasteiger charge is 2.15. The summed E-state index contributed by atoms with van der Waals surface area (Å²) in [6.07, 6.45) is 3.44. The van der Waals surface area contributed by atoms with Crippen molar-refractivity contribution in [2.24, 2.45) is 0 Å². The molecule has 0 saturated heterocycles. The van der Waals surface area contributed by atoms with Gasteiger partial charge < -0.3 is 9.88 Å². The Labute approximate surface area is 187 Å². The first kappa shape index (κ1) is 21.1. The predicted octanol–water partition coefficient (Wildman–Crippen LogP) is 5.80. The van der Waals surface area contributed by atoms with E-state index in [1.807, 2.05) is 76.2 Å². The van der Waals surface area contributed by atoms with Crippen LogP contribution in [0.2, 0.25) is 0 Å².